The first kappa shape index (κ1) is 20.6. The van der Waals surface area contributed by atoms with Crippen LogP contribution in [0, 0.1) is 0 Å². The number of benzene rings is 2. The van der Waals surface area contributed by atoms with Crippen LogP contribution in [0.25, 0.3) is 6.08 Å². The highest BCUT2D eigenvalue weighted by Crippen LogP contribution is 2.15. The number of primary amides is 1. The summed E-state index contributed by atoms with van der Waals surface area (Å²) in [6, 6.07) is 11.5. The lowest BCUT2D eigenvalue weighted by Gasteiger charge is -2.06. The maximum atomic E-state index is 12.1. The Hall–Kier alpha value is -3.75. The van der Waals surface area contributed by atoms with E-state index >= 15 is 0 Å². The Morgan fingerprint density at radius 2 is 1.68 bits per heavy atom. The normalized spacial score (nSPS) is 10.7. The van der Waals surface area contributed by atoms with Crippen LogP contribution in [-0.2, 0) is 14.3 Å². The zero-order valence-electron chi connectivity index (χ0n) is 14.4. The quantitative estimate of drug-likeness (QED) is 0.532. The molecule has 0 aromatic heterocycles. The molecule has 0 spiro atoms. The molecule has 0 saturated heterocycles. The number of carbonyl (C=O) groups excluding carboxylic acids is 3. The molecule has 2 rings (SSSR count). The van der Waals surface area contributed by atoms with Crippen LogP contribution in [0.3, 0.4) is 0 Å². The third-order valence-electron chi connectivity index (χ3n) is 3.32. The minimum Gasteiger partial charge on any atom is -0.452 e. The molecule has 2 amide bonds. The highest BCUT2D eigenvalue weighted by Gasteiger charge is 2.07. The van der Waals surface area contributed by atoms with Crippen LogP contribution >= 0.6 is 0 Å². The molecule has 7 nitrogen and oxygen atoms in total. The largest absolute Gasteiger partial charge is 0.452 e. The van der Waals surface area contributed by atoms with Gasteiger partial charge in [-0.25, -0.2) is 4.79 Å². The zero-order valence-corrected chi connectivity index (χ0v) is 14.4. The first-order valence-corrected chi connectivity index (χ1v) is 7.93. The molecular weight excluding hydrogens is 374 g/mol. The number of hydrogen-bond donors (Lipinski definition) is 2. The van der Waals surface area contributed by atoms with E-state index in [-0.39, 0.29) is 5.75 Å². The van der Waals surface area contributed by atoms with E-state index in [1.807, 2.05) is 0 Å². The van der Waals surface area contributed by atoms with E-state index in [0.717, 1.165) is 6.08 Å². The molecule has 0 heterocycles. The summed E-state index contributed by atoms with van der Waals surface area (Å²) < 4.78 is 33.1. The monoisotopic (exact) mass is 390 g/mol. The number of ether oxygens (including phenoxy) is 2. The van der Waals surface area contributed by atoms with Crippen LogP contribution in [0.1, 0.15) is 15.9 Å². The minimum absolute atomic E-state index is 0.00439. The van der Waals surface area contributed by atoms with Crippen molar-refractivity contribution in [3.63, 3.8) is 0 Å². The van der Waals surface area contributed by atoms with Crippen LogP contribution in [0.2, 0.25) is 0 Å². The molecule has 0 aliphatic rings. The lowest BCUT2D eigenvalue weighted by molar-refractivity contribution is -0.142. The summed E-state index contributed by atoms with van der Waals surface area (Å²) in [5.74, 6) is -1.92. The first-order valence-electron chi connectivity index (χ1n) is 7.93. The van der Waals surface area contributed by atoms with Crippen LogP contribution in [0.4, 0.5) is 14.5 Å². The van der Waals surface area contributed by atoms with Crippen molar-refractivity contribution < 1.29 is 32.6 Å². The highest BCUT2D eigenvalue weighted by atomic mass is 19.3. The van der Waals surface area contributed by atoms with Crippen molar-refractivity contribution in [1.29, 1.82) is 0 Å². The first-order chi connectivity index (χ1) is 13.3. The number of rotatable bonds is 8. The molecule has 3 N–H and O–H groups in total. The summed E-state index contributed by atoms with van der Waals surface area (Å²) in [4.78, 5) is 34.4. The second kappa shape index (κ2) is 9.81. The van der Waals surface area contributed by atoms with E-state index in [1.165, 1.54) is 54.6 Å². The van der Waals surface area contributed by atoms with Gasteiger partial charge in [0.25, 0.3) is 5.91 Å². The summed E-state index contributed by atoms with van der Waals surface area (Å²) in [5, 5.41) is 2.49. The molecule has 28 heavy (non-hydrogen) atoms. The van der Waals surface area contributed by atoms with Gasteiger partial charge in [0.05, 0.1) is 0 Å². The maximum absolute atomic E-state index is 12.1. The van der Waals surface area contributed by atoms with E-state index in [4.69, 9.17) is 10.5 Å². The number of nitrogens with one attached hydrogen (secondary N) is 1. The second-order valence-electron chi connectivity index (χ2n) is 5.38. The average molecular weight is 390 g/mol. The minimum atomic E-state index is -2.91. The molecular formula is C19H16F2N2O5. The summed E-state index contributed by atoms with van der Waals surface area (Å²) in [6.45, 7) is -3.43. The van der Waals surface area contributed by atoms with Gasteiger partial charge in [0, 0.05) is 17.3 Å². The maximum Gasteiger partial charge on any atom is 0.387 e. The van der Waals surface area contributed by atoms with Gasteiger partial charge in [-0.15, -0.1) is 0 Å². The fraction of sp³-hybridized carbons (Fsp3) is 0.105. The number of anilines is 1. The Bertz CT molecular complexity index is 865. The SMILES string of the molecule is NC(=O)c1ccc(NC(=O)COC(=O)/C=C/c2ccc(OC(F)F)cc2)cc1. The fourth-order valence-electron chi connectivity index (χ4n) is 2.02. The van der Waals surface area contributed by atoms with E-state index in [0.29, 0.717) is 16.8 Å². The highest BCUT2D eigenvalue weighted by molar-refractivity contribution is 5.96. The van der Waals surface area contributed by atoms with Crippen molar-refractivity contribution in [2.45, 2.75) is 6.61 Å². The van der Waals surface area contributed by atoms with Crippen molar-refractivity contribution >= 4 is 29.5 Å². The smallest absolute Gasteiger partial charge is 0.387 e. The molecule has 0 radical (unpaired) electrons. The zero-order chi connectivity index (χ0) is 20.5. The molecule has 0 aliphatic carbocycles. The van der Waals surface area contributed by atoms with Crippen molar-refractivity contribution in [2.24, 2.45) is 5.73 Å². The molecule has 0 bridgehead atoms. The van der Waals surface area contributed by atoms with E-state index in [1.54, 1.807) is 0 Å². The van der Waals surface area contributed by atoms with Gasteiger partial charge >= 0.3 is 12.6 Å². The van der Waals surface area contributed by atoms with Crippen molar-refractivity contribution in [3.05, 3.63) is 65.7 Å². The summed E-state index contributed by atoms with van der Waals surface area (Å²) in [7, 11) is 0. The van der Waals surface area contributed by atoms with Gasteiger partial charge < -0.3 is 20.5 Å². The number of hydrogen-bond acceptors (Lipinski definition) is 5. The molecule has 0 aliphatic heterocycles. The van der Waals surface area contributed by atoms with Gasteiger partial charge in [-0.3, -0.25) is 9.59 Å². The standard InChI is InChI=1S/C19H16F2N2O5/c20-19(21)28-15-8-1-12(2-9-15)3-10-17(25)27-11-16(24)23-14-6-4-13(5-7-14)18(22)26/h1-10,19H,11H2,(H2,22,26)(H,23,24)/b10-3+. The van der Waals surface area contributed by atoms with Crippen LogP contribution < -0.4 is 15.8 Å². The predicted molar refractivity (Wildman–Crippen MR) is 96.7 cm³/mol. The number of carbonyl (C=O) groups is 3. The van der Waals surface area contributed by atoms with Crippen molar-refractivity contribution in [1.82, 2.24) is 0 Å². The summed E-state index contributed by atoms with van der Waals surface area (Å²) in [6.07, 6.45) is 2.49. The van der Waals surface area contributed by atoms with E-state index in [9.17, 15) is 23.2 Å². The Labute approximate surface area is 158 Å². The van der Waals surface area contributed by atoms with E-state index in [2.05, 4.69) is 10.1 Å². The molecule has 0 fully saturated rings. The average Bonchev–Trinajstić information content (AvgIpc) is 2.66. The Balaban J connectivity index is 1.78. The van der Waals surface area contributed by atoms with Crippen molar-refractivity contribution in [2.75, 3.05) is 11.9 Å². The van der Waals surface area contributed by atoms with Crippen molar-refractivity contribution in [3.8, 4) is 5.75 Å². The molecule has 146 valence electrons. The number of nitrogens with two attached hydrogens (primary N) is 1. The Kier molecular flexibility index (Phi) is 7.21. The molecule has 2 aromatic rings. The molecule has 0 atom stereocenters. The number of amides is 2. The molecule has 2 aromatic carbocycles. The lowest BCUT2D eigenvalue weighted by atomic mass is 10.2. The van der Waals surface area contributed by atoms with Gasteiger partial charge in [0.15, 0.2) is 6.61 Å². The molecule has 9 heteroatoms. The van der Waals surface area contributed by atoms with Gasteiger partial charge in [-0.2, -0.15) is 8.78 Å². The third kappa shape index (κ3) is 6.87. The van der Waals surface area contributed by atoms with Gasteiger partial charge in [0.1, 0.15) is 5.75 Å². The number of esters is 1. The van der Waals surface area contributed by atoms with Gasteiger partial charge in [0.2, 0.25) is 5.91 Å². The lowest BCUT2D eigenvalue weighted by Crippen LogP contribution is -2.20. The van der Waals surface area contributed by atoms with E-state index < -0.39 is 31.0 Å². The predicted octanol–water partition coefficient (Wildman–Crippen LogP) is 2.58. The topological polar surface area (TPSA) is 108 Å². The fourth-order valence-corrected chi connectivity index (χ4v) is 2.02. The number of alkyl halides is 2. The van der Waals surface area contributed by atoms with Crippen LogP contribution in [0.15, 0.2) is 54.6 Å². The Morgan fingerprint density at radius 1 is 1.04 bits per heavy atom. The summed E-state index contributed by atoms with van der Waals surface area (Å²) >= 11 is 0. The van der Waals surface area contributed by atoms with Crippen LogP contribution in [-0.4, -0.2) is 31.0 Å². The molecule has 0 unspecified atom stereocenters. The van der Waals surface area contributed by atoms with Crippen LogP contribution in [0.5, 0.6) is 5.75 Å². The summed E-state index contributed by atoms with van der Waals surface area (Å²) in [5.41, 5.74) is 6.37. The number of halogens is 2. The Morgan fingerprint density at radius 3 is 2.25 bits per heavy atom. The van der Waals surface area contributed by atoms with Gasteiger partial charge in [-0.1, -0.05) is 12.1 Å². The molecule has 0 saturated carbocycles. The third-order valence-corrected chi connectivity index (χ3v) is 3.32. The van der Waals surface area contributed by atoms with Gasteiger partial charge in [-0.05, 0) is 48.0 Å². The second-order valence-corrected chi connectivity index (χ2v) is 5.38.